The number of hydrogen-bond donors (Lipinski definition) is 1. The molecule has 0 saturated carbocycles. The number of allylic oxidation sites excluding steroid dienone is 1. The van der Waals surface area contributed by atoms with Crippen LogP contribution in [-0.4, -0.2) is 12.8 Å². The van der Waals surface area contributed by atoms with Gasteiger partial charge >= 0.3 is 6.18 Å². The molecule has 1 aliphatic heterocycles. The highest BCUT2D eigenvalue weighted by atomic mass is 32.2. The molecule has 2 aromatic carbocycles. The Kier molecular flexibility index (Phi) is 4.41. The zero-order valence-electron chi connectivity index (χ0n) is 12.7. The lowest BCUT2D eigenvalue weighted by Crippen LogP contribution is -2.09. The molecule has 3 rings (SSSR count). The van der Waals surface area contributed by atoms with Crippen molar-refractivity contribution in [3.63, 3.8) is 0 Å². The van der Waals surface area contributed by atoms with E-state index < -0.39 is 17.0 Å². The molecule has 0 aromatic heterocycles. The van der Waals surface area contributed by atoms with E-state index >= 15 is 0 Å². The summed E-state index contributed by atoms with van der Waals surface area (Å²) in [6, 6.07) is 14.1. The number of carbonyl (C=O) groups is 1. The second kappa shape index (κ2) is 6.36. The van der Waals surface area contributed by atoms with Crippen LogP contribution in [0.4, 0.5) is 13.2 Å². The second-order valence-corrected chi connectivity index (χ2v) is 6.42. The number of hydrogen-bond acceptors (Lipinski definition) is 3. The van der Waals surface area contributed by atoms with Crippen molar-refractivity contribution in [1.29, 1.82) is 0 Å². The van der Waals surface area contributed by atoms with E-state index in [1.165, 1.54) is 23.9 Å². The molecule has 2 nitrogen and oxygen atoms in total. The Hall–Kier alpha value is -2.21. The van der Waals surface area contributed by atoms with Gasteiger partial charge in [-0.3, -0.25) is 4.79 Å². The molecule has 0 amide bonds. The first-order chi connectivity index (χ1) is 11.4. The van der Waals surface area contributed by atoms with Crippen LogP contribution in [0.2, 0.25) is 0 Å². The van der Waals surface area contributed by atoms with Gasteiger partial charge in [0.05, 0.1) is 21.4 Å². The molecule has 1 aliphatic rings. The third-order valence-corrected chi connectivity index (χ3v) is 5.12. The molecule has 0 aliphatic carbocycles. The zero-order chi connectivity index (χ0) is 17.3. The summed E-state index contributed by atoms with van der Waals surface area (Å²) in [4.78, 5) is 12.8. The standard InChI is InChI=1S/C18H14F3NOS/c1-22-17-14(12-8-5-9-13(10-12)18(19,20)21)15(23)16(24-17)11-6-3-2-4-7-11/h2-10,16,22H,1H3. The van der Waals surface area contributed by atoms with Crippen molar-refractivity contribution in [3.8, 4) is 0 Å². The number of carbonyl (C=O) groups excluding carboxylic acids is 1. The van der Waals surface area contributed by atoms with Crippen LogP contribution in [0.15, 0.2) is 59.6 Å². The smallest absolute Gasteiger partial charge is 0.382 e. The molecule has 0 spiro atoms. The van der Waals surface area contributed by atoms with E-state index in [1.54, 1.807) is 7.05 Å². The van der Waals surface area contributed by atoms with E-state index in [9.17, 15) is 18.0 Å². The minimum atomic E-state index is -4.44. The Bertz CT molecular complexity index is 799. The maximum atomic E-state index is 13.0. The molecule has 1 N–H and O–H groups in total. The van der Waals surface area contributed by atoms with Gasteiger partial charge in [0.25, 0.3) is 0 Å². The van der Waals surface area contributed by atoms with Crippen LogP contribution >= 0.6 is 11.8 Å². The third kappa shape index (κ3) is 3.06. The van der Waals surface area contributed by atoms with Crippen molar-refractivity contribution in [2.45, 2.75) is 11.4 Å². The predicted octanol–water partition coefficient (Wildman–Crippen LogP) is 4.65. The van der Waals surface area contributed by atoms with E-state index in [-0.39, 0.29) is 11.3 Å². The summed E-state index contributed by atoms with van der Waals surface area (Å²) in [5.41, 5.74) is 0.665. The monoisotopic (exact) mass is 349 g/mol. The maximum absolute atomic E-state index is 13.0. The van der Waals surface area contributed by atoms with Crippen LogP contribution in [0.1, 0.15) is 21.9 Å². The van der Waals surface area contributed by atoms with E-state index in [4.69, 9.17) is 0 Å². The number of benzene rings is 2. The van der Waals surface area contributed by atoms with Gasteiger partial charge in [0.15, 0.2) is 5.78 Å². The number of nitrogens with one attached hydrogen (secondary N) is 1. The summed E-state index contributed by atoms with van der Waals surface area (Å²) >= 11 is 1.33. The lowest BCUT2D eigenvalue weighted by atomic mass is 9.96. The quantitative estimate of drug-likeness (QED) is 0.874. The molecular formula is C18H14F3NOS. The molecule has 124 valence electrons. The Morgan fingerprint density at radius 3 is 2.38 bits per heavy atom. The number of thioether (sulfide) groups is 1. The average molecular weight is 349 g/mol. The summed E-state index contributed by atoms with van der Waals surface area (Å²) in [5, 5.41) is 3.09. The van der Waals surface area contributed by atoms with Gasteiger partial charge in [0.2, 0.25) is 0 Å². The Labute approximate surface area is 141 Å². The minimum absolute atomic E-state index is 0.185. The van der Waals surface area contributed by atoms with Crippen molar-refractivity contribution < 1.29 is 18.0 Å². The molecule has 1 atom stereocenters. The molecule has 0 fully saturated rings. The SMILES string of the molecule is CNC1=C(c2cccc(C(F)(F)F)c2)C(=O)C(c2ccccc2)S1. The summed E-state index contributed by atoms with van der Waals surface area (Å²) in [5.74, 6) is -0.185. The predicted molar refractivity (Wildman–Crippen MR) is 89.2 cm³/mol. The molecule has 6 heteroatoms. The second-order valence-electron chi connectivity index (χ2n) is 5.31. The van der Waals surface area contributed by atoms with Crippen molar-refractivity contribution in [2.75, 3.05) is 7.05 Å². The molecule has 1 unspecified atom stereocenters. The maximum Gasteiger partial charge on any atom is 0.416 e. The fourth-order valence-electron chi connectivity index (χ4n) is 2.63. The lowest BCUT2D eigenvalue weighted by molar-refractivity contribution is -0.137. The average Bonchev–Trinajstić information content (AvgIpc) is 2.91. The zero-order valence-corrected chi connectivity index (χ0v) is 13.5. The van der Waals surface area contributed by atoms with E-state index in [1.807, 2.05) is 30.3 Å². The number of alkyl halides is 3. The van der Waals surface area contributed by atoms with Gasteiger partial charge in [-0.1, -0.05) is 54.2 Å². The van der Waals surface area contributed by atoms with Gasteiger partial charge in [0, 0.05) is 7.05 Å². The number of rotatable bonds is 3. The molecule has 2 aromatic rings. The van der Waals surface area contributed by atoms with Gasteiger partial charge < -0.3 is 5.32 Å². The van der Waals surface area contributed by atoms with Crippen molar-refractivity contribution in [3.05, 3.63) is 76.3 Å². The van der Waals surface area contributed by atoms with Gasteiger partial charge in [-0.25, -0.2) is 0 Å². The van der Waals surface area contributed by atoms with Crippen LogP contribution < -0.4 is 5.32 Å². The molecular weight excluding hydrogens is 335 g/mol. The Morgan fingerprint density at radius 1 is 1.04 bits per heavy atom. The van der Waals surface area contributed by atoms with E-state index in [0.29, 0.717) is 10.6 Å². The first-order valence-electron chi connectivity index (χ1n) is 7.27. The highest BCUT2D eigenvalue weighted by Crippen LogP contribution is 2.47. The Morgan fingerprint density at radius 2 is 1.75 bits per heavy atom. The highest BCUT2D eigenvalue weighted by molar-refractivity contribution is 8.04. The third-order valence-electron chi connectivity index (χ3n) is 3.76. The van der Waals surface area contributed by atoms with Crippen molar-refractivity contribution >= 4 is 23.1 Å². The van der Waals surface area contributed by atoms with E-state index in [0.717, 1.165) is 17.7 Å². The molecule has 0 bridgehead atoms. The van der Waals surface area contributed by atoms with Crippen LogP contribution in [0.3, 0.4) is 0 Å². The fraction of sp³-hybridized carbons (Fsp3) is 0.167. The number of ketones is 1. The first kappa shape index (κ1) is 16.6. The molecule has 0 radical (unpaired) electrons. The normalized spacial score (nSPS) is 18.2. The summed E-state index contributed by atoms with van der Waals surface area (Å²) < 4.78 is 38.9. The summed E-state index contributed by atoms with van der Waals surface area (Å²) in [7, 11) is 1.66. The fourth-order valence-corrected chi connectivity index (χ4v) is 3.84. The minimum Gasteiger partial charge on any atom is -0.382 e. The number of Topliss-reactive ketones (excluding diaryl/α,β-unsaturated/α-hetero) is 1. The van der Waals surface area contributed by atoms with Crippen LogP contribution in [-0.2, 0) is 11.0 Å². The molecule has 1 heterocycles. The van der Waals surface area contributed by atoms with Crippen LogP contribution in [0.5, 0.6) is 0 Å². The highest BCUT2D eigenvalue weighted by Gasteiger charge is 2.37. The van der Waals surface area contributed by atoms with Crippen molar-refractivity contribution in [2.24, 2.45) is 0 Å². The van der Waals surface area contributed by atoms with Crippen LogP contribution in [0.25, 0.3) is 5.57 Å². The largest absolute Gasteiger partial charge is 0.416 e. The van der Waals surface area contributed by atoms with Gasteiger partial charge in [-0.15, -0.1) is 0 Å². The lowest BCUT2D eigenvalue weighted by Gasteiger charge is -2.10. The topological polar surface area (TPSA) is 29.1 Å². The molecule has 24 heavy (non-hydrogen) atoms. The molecule has 0 saturated heterocycles. The summed E-state index contributed by atoms with van der Waals surface area (Å²) in [6.07, 6.45) is -4.44. The first-order valence-corrected chi connectivity index (χ1v) is 8.15. The van der Waals surface area contributed by atoms with E-state index in [2.05, 4.69) is 5.32 Å². The van der Waals surface area contributed by atoms with Gasteiger partial charge in [-0.05, 0) is 23.3 Å². The van der Waals surface area contributed by atoms with Crippen LogP contribution in [0, 0.1) is 0 Å². The Balaban J connectivity index is 2.02. The van der Waals surface area contributed by atoms with Gasteiger partial charge in [0.1, 0.15) is 0 Å². The summed E-state index contributed by atoms with van der Waals surface area (Å²) in [6.45, 7) is 0. The number of halogens is 3. The van der Waals surface area contributed by atoms with Gasteiger partial charge in [-0.2, -0.15) is 13.2 Å². The van der Waals surface area contributed by atoms with Crippen molar-refractivity contribution in [1.82, 2.24) is 5.32 Å².